The molecule has 8 bridgehead atoms. The Morgan fingerprint density at radius 1 is 0.797 bits per heavy atom. The third-order valence-corrected chi connectivity index (χ3v) is 13.0. The van der Waals surface area contributed by atoms with Gasteiger partial charge in [-0.15, -0.1) is 0 Å². The molecule has 318 valence electrons. The SMILES string of the molecule is CCCCCCCCCOC(C)C1=C(C)c2cc3[nH]c(c4c5[nH]c(cc6nc(cc1n2)C(C)=C6CC)c(C)c5C(=O)N(CCCCCC)C4=O)[C@@H](CCC(=O)OC)[C@@H]3C. The number of carbonyl (C=O) groups is 3. The molecular formula is C49H67N5O5. The Hall–Kier alpha value is -4.57. The number of amides is 2. The first kappa shape index (κ1) is 44.0. The number of nitrogens with zero attached hydrogens (tertiary/aromatic N) is 3. The number of nitrogens with one attached hydrogen (secondary N) is 2. The van der Waals surface area contributed by atoms with Crippen LogP contribution in [0.1, 0.15) is 211 Å². The van der Waals surface area contributed by atoms with Gasteiger partial charge in [-0.25, -0.2) is 9.97 Å². The van der Waals surface area contributed by atoms with Gasteiger partial charge in [-0.1, -0.05) is 85.5 Å². The van der Waals surface area contributed by atoms with E-state index in [4.69, 9.17) is 19.4 Å². The van der Waals surface area contributed by atoms with Crippen molar-refractivity contribution < 1.29 is 23.9 Å². The molecule has 6 heterocycles. The summed E-state index contributed by atoms with van der Waals surface area (Å²) in [5.41, 5.74) is 12.3. The van der Waals surface area contributed by atoms with Gasteiger partial charge >= 0.3 is 5.97 Å². The highest BCUT2D eigenvalue weighted by Gasteiger charge is 2.40. The van der Waals surface area contributed by atoms with Crippen LogP contribution in [0.2, 0.25) is 0 Å². The van der Waals surface area contributed by atoms with Gasteiger partial charge in [0, 0.05) is 53.9 Å². The van der Waals surface area contributed by atoms with Crippen molar-refractivity contribution in [3.8, 4) is 0 Å². The van der Waals surface area contributed by atoms with Gasteiger partial charge < -0.3 is 19.4 Å². The number of allylic oxidation sites excluding steroid dienone is 3. The topological polar surface area (TPSA) is 130 Å². The molecule has 4 aliphatic heterocycles. The third kappa shape index (κ3) is 9.13. The van der Waals surface area contributed by atoms with Crippen molar-refractivity contribution in [1.82, 2.24) is 24.8 Å². The number of ether oxygens (including phenoxy) is 2. The van der Waals surface area contributed by atoms with Crippen LogP contribution in [0.5, 0.6) is 0 Å². The first-order valence-corrected chi connectivity index (χ1v) is 22.5. The number of aryl methyl sites for hydroxylation is 1. The minimum Gasteiger partial charge on any atom is -0.469 e. The second-order valence-corrected chi connectivity index (χ2v) is 16.9. The van der Waals surface area contributed by atoms with E-state index in [1.54, 1.807) is 0 Å². The Kier molecular flexibility index (Phi) is 14.7. The van der Waals surface area contributed by atoms with E-state index in [2.05, 4.69) is 70.6 Å². The average Bonchev–Trinajstić information content (AvgIpc) is 3.90. The van der Waals surface area contributed by atoms with E-state index >= 15 is 0 Å². The van der Waals surface area contributed by atoms with E-state index in [0.29, 0.717) is 41.9 Å². The molecule has 59 heavy (non-hydrogen) atoms. The summed E-state index contributed by atoms with van der Waals surface area (Å²) in [6, 6.07) is 6.24. The third-order valence-electron chi connectivity index (χ3n) is 13.0. The molecule has 0 spiro atoms. The Labute approximate surface area is 351 Å². The quantitative estimate of drug-likeness (QED) is 0.0821. The van der Waals surface area contributed by atoms with Crippen LogP contribution in [0.25, 0.3) is 33.3 Å². The van der Waals surface area contributed by atoms with Crippen molar-refractivity contribution in [3.63, 3.8) is 0 Å². The van der Waals surface area contributed by atoms with Gasteiger partial charge in [0.15, 0.2) is 0 Å². The van der Waals surface area contributed by atoms with E-state index < -0.39 is 0 Å². The summed E-state index contributed by atoms with van der Waals surface area (Å²) < 4.78 is 11.6. The molecule has 6 rings (SSSR count). The highest BCUT2D eigenvalue weighted by molar-refractivity contribution is 6.23. The zero-order valence-corrected chi connectivity index (χ0v) is 37.2. The summed E-state index contributed by atoms with van der Waals surface area (Å²) in [7, 11) is 1.40. The normalized spacial score (nSPS) is 17.6. The van der Waals surface area contributed by atoms with Gasteiger partial charge in [0.1, 0.15) is 0 Å². The first-order chi connectivity index (χ1) is 28.4. The van der Waals surface area contributed by atoms with E-state index in [1.165, 1.54) is 44.1 Å². The molecule has 1 unspecified atom stereocenters. The van der Waals surface area contributed by atoms with Gasteiger partial charge in [-0.3, -0.25) is 19.3 Å². The molecule has 2 amide bonds. The lowest BCUT2D eigenvalue weighted by Crippen LogP contribution is -2.41. The molecule has 10 nitrogen and oxygen atoms in total. The monoisotopic (exact) mass is 806 g/mol. The number of unbranched alkanes of at least 4 members (excludes halogenated alkanes) is 9. The van der Waals surface area contributed by atoms with E-state index in [-0.39, 0.29) is 42.1 Å². The Morgan fingerprint density at radius 3 is 2.14 bits per heavy atom. The second kappa shape index (κ2) is 19.7. The van der Waals surface area contributed by atoms with Crippen LogP contribution in [-0.2, 0) is 14.3 Å². The van der Waals surface area contributed by atoms with E-state index in [0.717, 1.165) is 107 Å². The summed E-state index contributed by atoms with van der Waals surface area (Å²) in [4.78, 5) is 61.1. The minimum absolute atomic E-state index is 0.0990. The van der Waals surface area contributed by atoms with Crippen LogP contribution in [0.15, 0.2) is 18.2 Å². The molecule has 2 N–H and O–H groups in total. The van der Waals surface area contributed by atoms with Crippen LogP contribution in [0, 0.1) is 6.92 Å². The Bertz CT molecular complexity index is 2190. The first-order valence-electron chi connectivity index (χ1n) is 22.5. The number of methoxy groups -OCH3 is 1. The van der Waals surface area contributed by atoms with Crippen molar-refractivity contribution in [3.05, 3.63) is 69.1 Å². The number of fused-ring (bicyclic) bond motifs is 8. The van der Waals surface area contributed by atoms with Gasteiger partial charge in [0.05, 0.1) is 52.6 Å². The molecule has 0 saturated carbocycles. The van der Waals surface area contributed by atoms with Crippen molar-refractivity contribution in [2.75, 3.05) is 20.3 Å². The Balaban J connectivity index is 1.57. The summed E-state index contributed by atoms with van der Waals surface area (Å²) in [5, 5.41) is 0. The number of imide groups is 1. The maximum absolute atomic E-state index is 14.8. The van der Waals surface area contributed by atoms with Crippen molar-refractivity contribution >= 4 is 51.1 Å². The number of H-pyrrole nitrogens is 2. The maximum atomic E-state index is 14.8. The van der Waals surface area contributed by atoms with E-state index in [9.17, 15) is 14.4 Å². The molecule has 4 aliphatic rings. The molecule has 3 atom stereocenters. The summed E-state index contributed by atoms with van der Waals surface area (Å²) in [5.74, 6) is -1.23. The number of hydrogen-bond acceptors (Lipinski definition) is 7. The van der Waals surface area contributed by atoms with Gasteiger partial charge in [-0.2, -0.15) is 0 Å². The van der Waals surface area contributed by atoms with Gasteiger partial charge in [0.25, 0.3) is 11.8 Å². The number of esters is 1. The zero-order valence-electron chi connectivity index (χ0n) is 37.2. The zero-order chi connectivity index (χ0) is 42.4. The average molecular weight is 806 g/mol. The fraction of sp³-hybridized carbons (Fsp3) is 0.571. The number of rotatable bonds is 19. The highest BCUT2D eigenvalue weighted by atomic mass is 16.5. The fourth-order valence-electron chi connectivity index (χ4n) is 9.36. The van der Waals surface area contributed by atoms with E-state index in [1.807, 2.05) is 13.0 Å². The lowest BCUT2D eigenvalue weighted by Gasteiger charge is -2.27. The summed E-state index contributed by atoms with van der Waals surface area (Å²) in [6.45, 7) is 18.0. The molecule has 0 fully saturated rings. The number of carbonyl (C=O) groups excluding carboxylic acids is 3. The predicted octanol–water partition coefficient (Wildman–Crippen LogP) is 11.8. The Morgan fingerprint density at radius 2 is 1.44 bits per heavy atom. The van der Waals surface area contributed by atoms with Crippen LogP contribution in [0.4, 0.5) is 0 Å². The van der Waals surface area contributed by atoms with Crippen molar-refractivity contribution in [2.45, 2.75) is 163 Å². The largest absolute Gasteiger partial charge is 0.469 e. The van der Waals surface area contributed by atoms with Crippen LogP contribution in [-0.4, -0.2) is 69.0 Å². The van der Waals surface area contributed by atoms with Crippen LogP contribution >= 0.6 is 0 Å². The predicted molar refractivity (Wildman–Crippen MR) is 238 cm³/mol. The molecule has 2 aromatic heterocycles. The molecule has 0 saturated heterocycles. The lowest BCUT2D eigenvalue weighted by atomic mass is 9.84. The molecule has 0 aliphatic carbocycles. The fourth-order valence-corrected chi connectivity index (χ4v) is 9.36. The van der Waals surface area contributed by atoms with Crippen LogP contribution < -0.4 is 0 Å². The minimum atomic E-state index is -0.320. The molecule has 2 aromatic rings. The van der Waals surface area contributed by atoms with Gasteiger partial charge in [0.2, 0.25) is 0 Å². The number of aromatic nitrogens is 4. The summed E-state index contributed by atoms with van der Waals surface area (Å²) >= 11 is 0. The molecule has 0 radical (unpaired) electrons. The standard InChI is InChI=1S/C49H67N5O5/c1-10-13-15-17-18-19-21-25-59-33(8)43-31(6)38-26-37-30(5)35(22-23-42(55)58-9)46(52-37)45-47-44(48(56)54(49(45)57)24-20-16-14-11-2)32(7)39(53-47)27-40-34(12-3)29(4)36(50-40)28-41(43)51-38/h26-28,30,33,35,52-53H,10-25H2,1-9H3/t30-,33?,35-/m0/s1. The summed E-state index contributed by atoms with van der Waals surface area (Å²) in [6.07, 6.45) is 13.5. The molecule has 10 heteroatoms. The van der Waals surface area contributed by atoms with Crippen molar-refractivity contribution in [1.29, 1.82) is 0 Å². The lowest BCUT2D eigenvalue weighted by molar-refractivity contribution is -0.140. The van der Waals surface area contributed by atoms with Crippen LogP contribution in [0.3, 0.4) is 0 Å². The molecular weight excluding hydrogens is 739 g/mol. The second-order valence-electron chi connectivity index (χ2n) is 16.9. The molecule has 0 aromatic carbocycles. The number of aromatic amines is 2. The highest BCUT2D eigenvalue weighted by Crippen LogP contribution is 2.45. The maximum Gasteiger partial charge on any atom is 0.305 e. The van der Waals surface area contributed by atoms with Crippen molar-refractivity contribution in [2.24, 2.45) is 0 Å². The number of hydrogen-bond donors (Lipinski definition) is 2. The smallest absolute Gasteiger partial charge is 0.305 e. The van der Waals surface area contributed by atoms with Gasteiger partial charge in [-0.05, 0) is 93.9 Å².